The normalized spacial score (nSPS) is 10.7. The molecule has 3 aromatic rings. The molecule has 6 heteroatoms. The molecule has 0 unspecified atom stereocenters. The molecule has 120 valence electrons. The highest BCUT2D eigenvalue weighted by molar-refractivity contribution is 5.88. The Hall–Kier alpha value is -3.41. The fourth-order valence-electron chi connectivity index (χ4n) is 1.99. The highest BCUT2D eigenvalue weighted by atomic mass is 16.5. The molecule has 1 aromatic carbocycles. The summed E-state index contributed by atoms with van der Waals surface area (Å²) in [6.45, 7) is 1.89. The van der Waals surface area contributed by atoms with E-state index in [1.165, 1.54) is 18.7 Å². The molecule has 24 heavy (non-hydrogen) atoms. The number of rotatable bonds is 5. The lowest BCUT2D eigenvalue weighted by Gasteiger charge is -2.07. The molecule has 3 rings (SSSR count). The van der Waals surface area contributed by atoms with Gasteiger partial charge in [-0.3, -0.25) is 0 Å². The second-order valence-corrected chi connectivity index (χ2v) is 4.97. The van der Waals surface area contributed by atoms with Crippen LogP contribution in [0.4, 0.5) is 11.5 Å². The maximum absolute atomic E-state index is 11.8. The second-order valence-electron chi connectivity index (χ2n) is 4.97. The van der Waals surface area contributed by atoms with E-state index < -0.39 is 5.97 Å². The van der Waals surface area contributed by atoms with Crippen molar-refractivity contribution in [2.24, 2.45) is 0 Å². The fourth-order valence-corrected chi connectivity index (χ4v) is 1.99. The van der Waals surface area contributed by atoms with Gasteiger partial charge in [-0.25, -0.2) is 14.8 Å². The Morgan fingerprint density at radius 1 is 1.21 bits per heavy atom. The molecule has 0 amide bonds. The van der Waals surface area contributed by atoms with Gasteiger partial charge in [0, 0.05) is 29.6 Å². The molecule has 2 aromatic heterocycles. The number of esters is 1. The van der Waals surface area contributed by atoms with E-state index >= 15 is 0 Å². The minimum absolute atomic E-state index is 0.430. The van der Waals surface area contributed by atoms with Crippen LogP contribution in [0, 0.1) is 6.92 Å². The fraction of sp³-hybridized carbons (Fsp3) is 0.0556. The average Bonchev–Trinajstić information content (AvgIpc) is 3.07. The quantitative estimate of drug-likeness (QED) is 0.438. The van der Waals surface area contributed by atoms with Crippen LogP contribution in [-0.4, -0.2) is 15.9 Å². The van der Waals surface area contributed by atoms with Gasteiger partial charge in [0.25, 0.3) is 0 Å². The van der Waals surface area contributed by atoms with Gasteiger partial charge in [-0.1, -0.05) is 6.07 Å². The van der Waals surface area contributed by atoms with E-state index in [1.54, 1.807) is 36.4 Å². The SMILES string of the molecule is Cc1cc(Nc2cccc(OC(=O)/C=C/c3ccco3)c2)ncn1. The number of aromatic nitrogens is 2. The first-order chi connectivity index (χ1) is 11.7. The molecule has 0 atom stereocenters. The first-order valence-electron chi connectivity index (χ1n) is 7.28. The third kappa shape index (κ3) is 4.30. The number of nitrogens with zero attached hydrogens (tertiary/aromatic N) is 2. The van der Waals surface area contributed by atoms with Gasteiger partial charge in [0.2, 0.25) is 0 Å². The summed E-state index contributed by atoms with van der Waals surface area (Å²) in [4.78, 5) is 20.0. The molecule has 0 aliphatic carbocycles. The van der Waals surface area contributed by atoms with Crippen molar-refractivity contribution in [3.63, 3.8) is 0 Å². The summed E-state index contributed by atoms with van der Waals surface area (Å²) < 4.78 is 10.4. The molecule has 0 radical (unpaired) electrons. The highest BCUT2D eigenvalue weighted by Gasteiger charge is 2.03. The number of anilines is 2. The third-order valence-electron chi connectivity index (χ3n) is 3.06. The molecule has 0 aliphatic rings. The summed E-state index contributed by atoms with van der Waals surface area (Å²) in [6, 6.07) is 12.4. The number of hydrogen-bond acceptors (Lipinski definition) is 6. The number of furan rings is 1. The van der Waals surface area contributed by atoms with Crippen LogP contribution in [0.5, 0.6) is 5.75 Å². The van der Waals surface area contributed by atoms with Crippen LogP contribution in [0.2, 0.25) is 0 Å². The lowest BCUT2D eigenvalue weighted by molar-refractivity contribution is -0.128. The first kappa shape index (κ1) is 15.5. The molecular formula is C18H15N3O3. The molecule has 1 N–H and O–H groups in total. The van der Waals surface area contributed by atoms with Gasteiger partial charge in [0.15, 0.2) is 0 Å². The molecule has 0 aliphatic heterocycles. The maximum atomic E-state index is 11.8. The smallest absolute Gasteiger partial charge is 0.336 e. The van der Waals surface area contributed by atoms with Crippen molar-refractivity contribution in [2.45, 2.75) is 6.92 Å². The number of carbonyl (C=O) groups excluding carboxylic acids is 1. The van der Waals surface area contributed by atoms with Gasteiger partial charge >= 0.3 is 5.97 Å². The summed E-state index contributed by atoms with van der Waals surface area (Å²) in [6.07, 6.45) is 5.89. The minimum Gasteiger partial charge on any atom is -0.465 e. The van der Waals surface area contributed by atoms with E-state index in [-0.39, 0.29) is 0 Å². The van der Waals surface area contributed by atoms with E-state index in [0.717, 1.165) is 11.4 Å². The van der Waals surface area contributed by atoms with E-state index in [0.29, 0.717) is 17.3 Å². The summed E-state index contributed by atoms with van der Waals surface area (Å²) in [7, 11) is 0. The van der Waals surface area contributed by atoms with Crippen molar-refractivity contribution in [3.05, 3.63) is 72.6 Å². The van der Waals surface area contributed by atoms with Gasteiger partial charge in [-0.05, 0) is 37.3 Å². The molecule has 0 bridgehead atoms. The molecule has 0 fully saturated rings. The third-order valence-corrected chi connectivity index (χ3v) is 3.06. The van der Waals surface area contributed by atoms with Gasteiger partial charge in [-0.15, -0.1) is 0 Å². The topological polar surface area (TPSA) is 77.2 Å². The van der Waals surface area contributed by atoms with Crippen LogP contribution in [0.15, 0.2) is 65.5 Å². The van der Waals surface area contributed by atoms with Crippen LogP contribution in [0.25, 0.3) is 6.08 Å². The Morgan fingerprint density at radius 3 is 2.92 bits per heavy atom. The van der Waals surface area contributed by atoms with E-state index in [1.807, 2.05) is 19.1 Å². The number of nitrogens with one attached hydrogen (secondary N) is 1. The lowest BCUT2D eigenvalue weighted by atomic mass is 10.3. The standard InChI is InChI=1S/C18H15N3O3/c1-13-10-17(20-12-19-13)21-14-4-2-5-16(11-14)24-18(22)8-7-15-6-3-9-23-15/h2-12H,1H3,(H,19,20,21)/b8-7+. The molecular weight excluding hydrogens is 306 g/mol. The van der Waals surface area contributed by atoms with E-state index in [2.05, 4.69) is 15.3 Å². The van der Waals surface area contributed by atoms with Crippen molar-refractivity contribution in [2.75, 3.05) is 5.32 Å². The minimum atomic E-state index is -0.485. The Bertz CT molecular complexity index is 857. The Kier molecular flexibility index (Phi) is 4.67. The van der Waals surface area contributed by atoms with Crippen molar-refractivity contribution in [1.82, 2.24) is 9.97 Å². The van der Waals surface area contributed by atoms with E-state index in [4.69, 9.17) is 9.15 Å². The maximum Gasteiger partial charge on any atom is 0.336 e. The molecule has 0 saturated carbocycles. The number of aryl methyl sites for hydroxylation is 1. The predicted octanol–water partition coefficient (Wildman–Crippen LogP) is 3.74. The number of carbonyl (C=O) groups is 1. The van der Waals surface area contributed by atoms with Crippen molar-refractivity contribution in [3.8, 4) is 5.75 Å². The van der Waals surface area contributed by atoms with Crippen molar-refractivity contribution < 1.29 is 13.9 Å². The van der Waals surface area contributed by atoms with Gasteiger partial charge in [0.1, 0.15) is 23.7 Å². The van der Waals surface area contributed by atoms with E-state index in [9.17, 15) is 4.79 Å². The average molecular weight is 321 g/mol. The molecule has 0 saturated heterocycles. The number of benzene rings is 1. The monoisotopic (exact) mass is 321 g/mol. The number of hydrogen-bond donors (Lipinski definition) is 1. The van der Waals surface area contributed by atoms with Crippen LogP contribution < -0.4 is 10.1 Å². The number of ether oxygens (including phenoxy) is 1. The summed E-state index contributed by atoms with van der Waals surface area (Å²) in [5.74, 6) is 1.20. The largest absolute Gasteiger partial charge is 0.465 e. The van der Waals surface area contributed by atoms with Crippen molar-refractivity contribution >= 4 is 23.6 Å². The molecule has 0 spiro atoms. The summed E-state index contributed by atoms with van der Waals surface area (Å²) in [5, 5.41) is 3.14. The van der Waals surface area contributed by atoms with Gasteiger partial charge in [0.05, 0.1) is 6.26 Å². The predicted molar refractivity (Wildman–Crippen MR) is 89.9 cm³/mol. The van der Waals surface area contributed by atoms with Crippen molar-refractivity contribution in [1.29, 1.82) is 0 Å². The van der Waals surface area contributed by atoms with Crippen LogP contribution >= 0.6 is 0 Å². The van der Waals surface area contributed by atoms with Crippen LogP contribution in [-0.2, 0) is 4.79 Å². The Balaban J connectivity index is 1.65. The van der Waals surface area contributed by atoms with Gasteiger partial charge < -0.3 is 14.5 Å². The Morgan fingerprint density at radius 2 is 2.12 bits per heavy atom. The van der Waals surface area contributed by atoms with Gasteiger partial charge in [-0.2, -0.15) is 0 Å². The zero-order chi connectivity index (χ0) is 16.8. The lowest BCUT2D eigenvalue weighted by Crippen LogP contribution is -2.04. The molecule has 2 heterocycles. The Labute approximate surface area is 138 Å². The second kappa shape index (κ2) is 7.23. The zero-order valence-electron chi connectivity index (χ0n) is 13.0. The van der Waals surface area contributed by atoms with Crippen LogP contribution in [0.1, 0.15) is 11.5 Å². The zero-order valence-corrected chi connectivity index (χ0v) is 13.0. The summed E-state index contributed by atoms with van der Waals surface area (Å²) >= 11 is 0. The first-order valence-corrected chi connectivity index (χ1v) is 7.28. The summed E-state index contributed by atoms with van der Waals surface area (Å²) in [5.41, 5.74) is 1.62. The molecule has 6 nitrogen and oxygen atoms in total. The van der Waals surface area contributed by atoms with Crippen LogP contribution in [0.3, 0.4) is 0 Å². The highest BCUT2D eigenvalue weighted by Crippen LogP contribution is 2.21.